The van der Waals surface area contributed by atoms with E-state index in [4.69, 9.17) is 4.74 Å². The zero-order valence-electron chi connectivity index (χ0n) is 18.4. The third-order valence-electron chi connectivity index (χ3n) is 4.66. The Morgan fingerprint density at radius 3 is 2.47 bits per heavy atom. The molecule has 2 N–H and O–H groups in total. The number of aryl methyl sites for hydroxylation is 1. The lowest BCUT2D eigenvalue weighted by molar-refractivity contribution is -0.119. The normalized spacial score (nSPS) is 10.5. The largest absolute Gasteiger partial charge is 0.451 e. The summed E-state index contributed by atoms with van der Waals surface area (Å²) >= 11 is 1.09. The van der Waals surface area contributed by atoms with Crippen molar-refractivity contribution in [3.05, 3.63) is 77.3 Å². The van der Waals surface area contributed by atoms with Crippen LogP contribution in [0.3, 0.4) is 0 Å². The highest BCUT2D eigenvalue weighted by Gasteiger charge is 2.17. The minimum atomic E-state index is -0.764. The second-order valence-corrected chi connectivity index (χ2v) is 8.23. The number of aromatic nitrogens is 3. The van der Waals surface area contributed by atoms with Crippen molar-refractivity contribution in [1.82, 2.24) is 14.8 Å². The van der Waals surface area contributed by atoms with Crippen molar-refractivity contribution in [2.45, 2.75) is 13.8 Å². The monoisotopic (exact) mass is 475 g/mol. The summed E-state index contributed by atoms with van der Waals surface area (Å²) in [7, 11) is 0. The lowest BCUT2D eigenvalue weighted by atomic mass is 10.1. The number of para-hydroxylation sites is 1. The summed E-state index contributed by atoms with van der Waals surface area (Å²) in [4.78, 5) is 39.9. The van der Waals surface area contributed by atoms with Crippen molar-refractivity contribution in [1.29, 1.82) is 0 Å². The summed E-state index contributed by atoms with van der Waals surface area (Å²) in [6.45, 7) is 2.84. The first kappa shape index (κ1) is 22.9. The fraction of sp³-hybridized carbons (Fsp3) is 0.125. The van der Waals surface area contributed by atoms with Gasteiger partial charge in [0.15, 0.2) is 17.4 Å². The molecule has 2 aromatic heterocycles. The highest BCUT2D eigenvalue weighted by molar-refractivity contribution is 7.14. The molecule has 0 unspecified atom stereocenters. The molecule has 0 aliphatic rings. The number of ether oxygens (including phenoxy) is 1. The Kier molecular flexibility index (Phi) is 6.79. The molecule has 2 amide bonds. The van der Waals surface area contributed by atoms with Gasteiger partial charge in [0.25, 0.3) is 5.91 Å². The highest BCUT2D eigenvalue weighted by atomic mass is 32.1. The molecule has 34 heavy (non-hydrogen) atoms. The maximum absolute atomic E-state index is 12.6. The van der Waals surface area contributed by atoms with E-state index in [0.29, 0.717) is 11.5 Å². The summed E-state index contributed by atoms with van der Waals surface area (Å²) in [5.41, 5.74) is 3.49. The van der Waals surface area contributed by atoms with Crippen molar-refractivity contribution in [3.8, 4) is 16.9 Å². The minimum Gasteiger partial charge on any atom is -0.451 e. The summed E-state index contributed by atoms with van der Waals surface area (Å²) < 4.78 is 6.70. The SMILES string of the molecule is CC(=O)Nc1nc(C(=O)OCC(=O)Nc2cc(-c3ccc(C)cc3)nn2-c2ccccc2)cs1. The Bertz CT molecular complexity index is 1330. The molecule has 2 heterocycles. The second-order valence-electron chi connectivity index (χ2n) is 7.37. The van der Waals surface area contributed by atoms with Gasteiger partial charge in [-0.3, -0.25) is 9.59 Å². The maximum atomic E-state index is 12.6. The Balaban J connectivity index is 1.48. The highest BCUT2D eigenvalue weighted by Crippen LogP contribution is 2.25. The number of rotatable bonds is 7. The van der Waals surface area contributed by atoms with Gasteiger partial charge in [0.2, 0.25) is 5.91 Å². The van der Waals surface area contributed by atoms with Gasteiger partial charge in [0.05, 0.1) is 11.4 Å². The fourth-order valence-electron chi connectivity index (χ4n) is 3.06. The molecule has 9 nitrogen and oxygen atoms in total. The van der Waals surface area contributed by atoms with Gasteiger partial charge in [-0.05, 0) is 19.1 Å². The van der Waals surface area contributed by atoms with Crippen LogP contribution in [-0.2, 0) is 14.3 Å². The van der Waals surface area contributed by atoms with Gasteiger partial charge in [-0.2, -0.15) is 5.10 Å². The Labute approximate surface area is 199 Å². The van der Waals surface area contributed by atoms with Crippen LogP contribution in [-0.4, -0.2) is 39.2 Å². The Morgan fingerprint density at radius 1 is 1.03 bits per heavy atom. The number of thiazole rings is 1. The zero-order valence-corrected chi connectivity index (χ0v) is 19.3. The van der Waals surface area contributed by atoms with Crippen molar-refractivity contribution >= 4 is 40.1 Å². The van der Waals surface area contributed by atoms with Gasteiger partial charge in [-0.15, -0.1) is 11.3 Å². The topological polar surface area (TPSA) is 115 Å². The van der Waals surface area contributed by atoms with E-state index in [1.807, 2.05) is 61.5 Å². The third-order valence-corrected chi connectivity index (χ3v) is 5.41. The molecule has 2 aromatic carbocycles. The van der Waals surface area contributed by atoms with E-state index in [2.05, 4.69) is 20.7 Å². The minimum absolute atomic E-state index is 0.0116. The second kappa shape index (κ2) is 10.1. The molecule has 4 rings (SSSR count). The number of benzene rings is 2. The standard InChI is InChI=1S/C24H21N5O4S/c1-15-8-10-17(11-9-15)19-12-21(29(28-19)18-6-4-3-5-7-18)27-22(31)13-33-23(32)20-14-34-24(26-20)25-16(2)30/h3-12,14H,13H2,1-2H3,(H,27,31)(H,25,26,30). The average molecular weight is 476 g/mol. The number of hydrogen-bond donors (Lipinski definition) is 2. The van der Waals surface area contributed by atoms with Crippen molar-refractivity contribution in [2.24, 2.45) is 0 Å². The Hall–Kier alpha value is -4.31. The summed E-state index contributed by atoms with van der Waals surface area (Å²) in [5.74, 6) is -1.16. The van der Waals surface area contributed by atoms with E-state index < -0.39 is 18.5 Å². The van der Waals surface area contributed by atoms with Gasteiger partial charge in [-0.25, -0.2) is 14.5 Å². The molecular formula is C24H21N5O4S. The molecule has 0 saturated heterocycles. The lowest BCUT2D eigenvalue weighted by Crippen LogP contribution is -2.22. The predicted octanol–water partition coefficient (Wildman–Crippen LogP) is 4.06. The molecule has 0 spiro atoms. The molecule has 0 saturated carbocycles. The molecule has 10 heteroatoms. The molecule has 0 aliphatic heterocycles. The van der Waals surface area contributed by atoms with Gasteiger partial charge in [0, 0.05) is 23.9 Å². The van der Waals surface area contributed by atoms with E-state index in [-0.39, 0.29) is 16.7 Å². The van der Waals surface area contributed by atoms with Crippen LogP contribution in [0.5, 0.6) is 0 Å². The summed E-state index contributed by atoms with van der Waals surface area (Å²) in [5, 5.41) is 11.6. The smallest absolute Gasteiger partial charge is 0.358 e. The predicted molar refractivity (Wildman–Crippen MR) is 129 cm³/mol. The fourth-order valence-corrected chi connectivity index (χ4v) is 3.79. The molecular weight excluding hydrogens is 454 g/mol. The van der Waals surface area contributed by atoms with E-state index in [1.165, 1.54) is 12.3 Å². The number of amides is 2. The molecule has 0 aliphatic carbocycles. The number of hydrogen-bond acceptors (Lipinski definition) is 7. The van der Waals surface area contributed by atoms with Gasteiger partial charge in [-0.1, -0.05) is 48.0 Å². The maximum Gasteiger partial charge on any atom is 0.358 e. The van der Waals surface area contributed by atoms with E-state index in [0.717, 1.165) is 28.2 Å². The van der Waals surface area contributed by atoms with Crippen molar-refractivity contribution < 1.29 is 19.1 Å². The summed E-state index contributed by atoms with van der Waals surface area (Å²) in [6.07, 6.45) is 0. The van der Waals surface area contributed by atoms with Crippen LogP contribution < -0.4 is 10.6 Å². The van der Waals surface area contributed by atoms with Gasteiger partial charge >= 0.3 is 5.97 Å². The molecule has 0 fully saturated rings. The number of nitrogens with zero attached hydrogens (tertiary/aromatic N) is 3. The lowest BCUT2D eigenvalue weighted by Gasteiger charge is -2.09. The third kappa shape index (κ3) is 5.54. The van der Waals surface area contributed by atoms with Crippen LogP contribution in [0.2, 0.25) is 0 Å². The summed E-state index contributed by atoms with van der Waals surface area (Å²) in [6, 6.07) is 19.0. The van der Waals surface area contributed by atoms with Crippen LogP contribution in [0, 0.1) is 6.92 Å². The number of carbonyl (C=O) groups is 3. The first-order chi connectivity index (χ1) is 16.4. The molecule has 0 radical (unpaired) electrons. The van der Waals surface area contributed by atoms with Gasteiger partial charge < -0.3 is 15.4 Å². The molecule has 0 bridgehead atoms. The average Bonchev–Trinajstić information content (AvgIpc) is 3.45. The van der Waals surface area contributed by atoms with E-state index in [9.17, 15) is 14.4 Å². The van der Waals surface area contributed by atoms with Gasteiger partial charge in [0.1, 0.15) is 5.82 Å². The van der Waals surface area contributed by atoms with Crippen LogP contribution in [0.15, 0.2) is 66.0 Å². The van der Waals surface area contributed by atoms with Crippen LogP contribution in [0.4, 0.5) is 10.9 Å². The zero-order chi connectivity index (χ0) is 24.1. The Morgan fingerprint density at radius 2 is 1.76 bits per heavy atom. The number of carbonyl (C=O) groups excluding carboxylic acids is 3. The van der Waals surface area contributed by atoms with Crippen LogP contribution >= 0.6 is 11.3 Å². The molecule has 172 valence electrons. The first-order valence-electron chi connectivity index (χ1n) is 10.3. The first-order valence-corrected chi connectivity index (χ1v) is 11.2. The molecule has 4 aromatic rings. The molecule has 0 atom stereocenters. The number of anilines is 2. The van der Waals surface area contributed by atoms with Crippen molar-refractivity contribution in [3.63, 3.8) is 0 Å². The quantitative estimate of drug-likeness (QED) is 0.390. The van der Waals surface area contributed by atoms with Crippen LogP contribution in [0.1, 0.15) is 23.0 Å². The number of nitrogens with one attached hydrogen (secondary N) is 2. The van der Waals surface area contributed by atoms with Crippen molar-refractivity contribution in [2.75, 3.05) is 17.2 Å². The van der Waals surface area contributed by atoms with Crippen LogP contribution in [0.25, 0.3) is 16.9 Å². The van der Waals surface area contributed by atoms with E-state index in [1.54, 1.807) is 10.7 Å². The van der Waals surface area contributed by atoms with E-state index >= 15 is 0 Å². The number of esters is 1.